The molecule has 3 rings (SSSR count). The molecular weight excluding hydrogens is 294 g/mol. The topological polar surface area (TPSA) is 74.7 Å². The summed E-state index contributed by atoms with van der Waals surface area (Å²) in [6.45, 7) is 2.38. The summed E-state index contributed by atoms with van der Waals surface area (Å²) in [7, 11) is 1.69. The molecule has 1 aromatic carbocycles. The third-order valence-electron chi connectivity index (χ3n) is 4.01. The van der Waals surface area contributed by atoms with E-state index in [9.17, 15) is 4.79 Å². The Labute approximate surface area is 135 Å². The number of benzene rings is 1. The number of pyridine rings is 1. The maximum atomic E-state index is 12.7. The van der Waals surface area contributed by atoms with Gasteiger partial charge in [-0.15, -0.1) is 0 Å². The Kier molecular flexibility index (Phi) is 4.85. The Balaban J connectivity index is 2.05. The van der Waals surface area contributed by atoms with Crippen molar-refractivity contribution in [2.24, 2.45) is 0 Å². The number of aliphatic hydroxyl groups excluding tert-OH is 1. The van der Waals surface area contributed by atoms with Gasteiger partial charge < -0.3 is 20.1 Å². The smallest absolute Gasteiger partial charge is 0.254 e. The SMILES string of the molecule is CN(CCO)C(=O)c1cc([C@H]2CNCCO2)nc2ccccc12. The normalized spacial score (nSPS) is 18.1. The summed E-state index contributed by atoms with van der Waals surface area (Å²) in [5.74, 6) is -0.123. The minimum atomic E-state index is -0.150. The van der Waals surface area contributed by atoms with Gasteiger partial charge in [-0.25, -0.2) is 4.98 Å². The Morgan fingerprint density at radius 3 is 3.04 bits per heavy atom. The van der Waals surface area contributed by atoms with Crippen LogP contribution < -0.4 is 5.32 Å². The van der Waals surface area contributed by atoms with Crippen molar-refractivity contribution in [1.29, 1.82) is 0 Å². The molecule has 1 saturated heterocycles. The van der Waals surface area contributed by atoms with E-state index in [0.29, 0.717) is 25.3 Å². The zero-order valence-electron chi connectivity index (χ0n) is 13.2. The summed E-state index contributed by atoms with van der Waals surface area (Å²) in [4.78, 5) is 18.9. The van der Waals surface area contributed by atoms with Crippen LogP contribution in [0.4, 0.5) is 0 Å². The number of para-hydroxylation sites is 1. The number of hydrogen-bond donors (Lipinski definition) is 2. The van der Waals surface area contributed by atoms with Gasteiger partial charge in [-0.1, -0.05) is 18.2 Å². The zero-order valence-corrected chi connectivity index (χ0v) is 13.2. The molecule has 0 bridgehead atoms. The van der Waals surface area contributed by atoms with Crippen molar-refractivity contribution < 1.29 is 14.6 Å². The highest BCUT2D eigenvalue weighted by molar-refractivity contribution is 6.06. The van der Waals surface area contributed by atoms with E-state index >= 15 is 0 Å². The van der Waals surface area contributed by atoms with E-state index in [2.05, 4.69) is 10.3 Å². The number of aromatic nitrogens is 1. The number of carbonyl (C=O) groups excluding carboxylic acids is 1. The average Bonchev–Trinajstić information content (AvgIpc) is 2.61. The first-order valence-electron chi connectivity index (χ1n) is 7.79. The minimum absolute atomic E-state index is 0.0617. The summed E-state index contributed by atoms with van der Waals surface area (Å²) >= 11 is 0. The Hall–Kier alpha value is -2.02. The van der Waals surface area contributed by atoms with Crippen molar-refractivity contribution in [3.63, 3.8) is 0 Å². The van der Waals surface area contributed by atoms with Crippen LogP contribution in [-0.2, 0) is 4.74 Å². The predicted octanol–water partition coefficient (Wildman–Crippen LogP) is 0.960. The molecule has 122 valence electrons. The lowest BCUT2D eigenvalue weighted by molar-refractivity contribution is 0.0251. The van der Waals surface area contributed by atoms with Gasteiger partial charge in [-0.3, -0.25) is 4.79 Å². The maximum absolute atomic E-state index is 12.7. The third-order valence-corrected chi connectivity index (χ3v) is 4.01. The predicted molar refractivity (Wildman–Crippen MR) is 87.4 cm³/mol. The van der Waals surface area contributed by atoms with Crippen molar-refractivity contribution in [2.45, 2.75) is 6.10 Å². The van der Waals surface area contributed by atoms with Gasteiger partial charge in [0.1, 0.15) is 6.10 Å². The quantitative estimate of drug-likeness (QED) is 0.879. The molecule has 0 saturated carbocycles. The highest BCUT2D eigenvalue weighted by Crippen LogP contribution is 2.25. The number of hydrogen-bond acceptors (Lipinski definition) is 5. The number of amides is 1. The molecule has 0 spiro atoms. The van der Waals surface area contributed by atoms with Crippen molar-refractivity contribution in [3.8, 4) is 0 Å². The molecule has 2 N–H and O–H groups in total. The summed E-state index contributed by atoms with van der Waals surface area (Å²) in [6, 6.07) is 9.41. The van der Waals surface area contributed by atoms with Crippen LogP contribution in [-0.4, -0.2) is 60.8 Å². The second-order valence-corrected chi connectivity index (χ2v) is 5.63. The van der Waals surface area contributed by atoms with E-state index in [4.69, 9.17) is 9.84 Å². The lowest BCUT2D eigenvalue weighted by Gasteiger charge is -2.24. The van der Waals surface area contributed by atoms with Crippen molar-refractivity contribution in [3.05, 3.63) is 41.6 Å². The van der Waals surface area contributed by atoms with E-state index in [1.807, 2.05) is 30.3 Å². The fourth-order valence-electron chi connectivity index (χ4n) is 2.75. The third kappa shape index (κ3) is 3.34. The molecule has 0 aliphatic carbocycles. The summed E-state index contributed by atoms with van der Waals surface area (Å²) in [5.41, 5.74) is 2.13. The molecule has 1 fully saturated rings. The van der Waals surface area contributed by atoms with Gasteiger partial charge in [0.25, 0.3) is 5.91 Å². The molecule has 2 heterocycles. The van der Waals surface area contributed by atoms with Gasteiger partial charge in [-0.2, -0.15) is 0 Å². The fraction of sp³-hybridized carbons (Fsp3) is 0.412. The van der Waals surface area contributed by atoms with E-state index in [1.165, 1.54) is 4.90 Å². The number of rotatable bonds is 4. The molecular formula is C17H21N3O3. The number of nitrogens with one attached hydrogen (secondary N) is 1. The number of morpholine rings is 1. The monoisotopic (exact) mass is 315 g/mol. The second-order valence-electron chi connectivity index (χ2n) is 5.63. The summed E-state index contributed by atoms with van der Waals surface area (Å²) < 4.78 is 5.77. The molecule has 0 unspecified atom stereocenters. The molecule has 1 aliphatic heterocycles. The van der Waals surface area contributed by atoms with Crippen LogP contribution in [0.5, 0.6) is 0 Å². The largest absolute Gasteiger partial charge is 0.395 e. The van der Waals surface area contributed by atoms with E-state index in [1.54, 1.807) is 7.05 Å². The number of carbonyl (C=O) groups is 1. The van der Waals surface area contributed by atoms with Crippen molar-refractivity contribution in [1.82, 2.24) is 15.2 Å². The first-order valence-corrected chi connectivity index (χ1v) is 7.79. The summed E-state index contributed by atoms with van der Waals surface area (Å²) in [6.07, 6.45) is -0.150. The van der Waals surface area contributed by atoms with Crippen molar-refractivity contribution in [2.75, 3.05) is 39.9 Å². The van der Waals surface area contributed by atoms with Crippen LogP contribution in [0.2, 0.25) is 0 Å². The minimum Gasteiger partial charge on any atom is -0.395 e. The van der Waals surface area contributed by atoms with Crippen LogP contribution in [0.15, 0.2) is 30.3 Å². The molecule has 6 heteroatoms. The number of aliphatic hydroxyl groups is 1. The average molecular weight is 315 g/mol. The number of fused-ring (bicyclic) bond motifs is 1. The van der Waals surface area contributed by atoms with E-state index in [-0.39, 0.29) is 18.6 Å². The second kappa shape index (κ2) is 7.04. The molecule has 2 aromatic rings. The van der Waals surface area contributed by atoms with E-state index < -0.39 is 0 Å². The Bertz CT molecular complexity index is 699. The van der Waals surface area contributed by atoms with Crippen LogP contribution in [0.3, 0.4) is 0 Å². The standard InChI is InChI=1S/C17H21N3O3/c1-20(7-8-21)17(22)13-10-15(16-11-18-6-9-23-16)19-14-5-3-2-4-12(13)14/h2-5,10,16,18,21H,6-9,11H2,1H3/t16-/m1/s1. The van der Waals surface area contributed by atoms with Gasteiger partial charge in [0.2, 0.25) is 0 Å². The maximum Gasteiger partial charge on any atom is 0.254 e. The molecule has 1 aromatic heterocycles. The van der Waals surface area contributed by atoms with Crippen LogP contribution in [0.1, 0.15) is 22.2 Å². The molecule has 1 atom stereocenters. The van der Waals surface area contributed by atoms with Crippen molar-refractivity contribution >= 4 is 16.8 Å². The molecule has 6 nitrogen and oxygen atoms in total. The Morgan fingerprint density at radius 2 is 2.30 bits per heavy atom. The highest BCUT2D eigenvalue weighted by atomic mass is 16.5. The molecule has 0 radical (unpaired) electrons. The summed E-state index contributed by atoms with van der Waals surface area (Å²) in [5, 5.41) is 13.2. The molecule has 23 heavy (non-hydrogen) atoms. The number of nitrogens with zero attached hydrogens (tertiary/aromatic N) is 2. The number of ether oxygens (including phenoxy) is 1. The molecule has 1 aliphatic rings. The lowest BCUT2D eigenvalue weighted by atomic mass is 10.0. The van der Waals surface area contributed by atoms with Gasteiger partial charge >= 0.3 is 0 Å². The highest BCUT2D eigenvalue weighted by Gasteiger charge is 2.22. The molecule has 1 amide bonds. The number of likely N-dealkylation sites (N-methyl/N-ethyl adjacent to an activating group) is 1. The first kappa shape index (κ1) is 15.9. The van der Waals surface area contributed by atoms with Gasteiger partial charge in [0.15, 0.2) is 0 Å². The van der Waals surface area contributed by atoms with Gasteiger partial charge in [0.05, 0.1) is 30.0 Å². The first-order chi connectivity index (χ1) is 11.2. The Morgan fingerprint density at radius 1 is 1.48 bits per heavy atom. The fourth-order valence-corrected chi connectivity index (χ4v) is 2.75. The van der Waals surface area contributed by atoms with E-state index in [0.717, 1.165) is 23.1 Å². The van der Waals surface area contributed by atoms with Crippen LogP contribution >= 0.6 is 0 Å². The van der Waals surface area contributed by atoms with Crippen LogP contribution in [0, 0.1) is 0 Å². The van der Waals surface area contributed by atoms with Gasteiger partial charge in [-0.05, 0) is 12.1 Å². The van der Waals surface area contributed by atoms with Gasteiger partial charge in [0, 0.05) is 32.1 Å². The van der Waals surface area contributed by atoms with Crippen LogP contribution in [0.25, 0.3) is 10.9 Å². The lowest BCUT2D eigenvalue weighted by Crippen LogP contribution is -2.34. The zero-order chi connectivity index (χ0) is 16.2.